The normalized spacial score (nSPS) is 10.3. The summed E-state index contributed by atoms with van der Waals surface area (Å²) in [5.41, 5.74) is 2.41. The number of nitrogens with zero attached hydrogens (tertiary/aromatic N) is 1. The predicted molar refractivity (Wildman–Crippen MR) is 74.3 cm³/mol. The second kappa shape index (κ2) is 5.82. The number of rotatable bonds is 3. The Labute approximate surface area is 116 Å². The average molecular weight is 277 g/mol. The molecule has 0 spiro atoms. The molecule has 0 saturated carbocycles. The summed E-state index contributed by atoms with van der Waals surface area (Å²) in [7, 11) is 0. The Balaban J connectivity index is 2.20. The van der Waals surface area contributed by atoms with Gasteiger partial charge in [-0.25, -0.2) is 4.98 Å². The molecule has 2 rings (SSSR count). The SMILES string of the molecule is Cc1nc(Cl)ccc1C(=O)Nc1cccc(CO)c1. The van der Waals surface area contributed by atoms with Gasteiger partial charge in [-0.2, -0.15) is 0 Å². The third kappa shape index (κ3) is 3.30. The molecule has 4 nitrogen and oxygen atoms in total. The molecule has 2 N–H and O–H groups in total. The number of aliphatic hydroxyl groups is 1. The Morgan fingerprint density at radius 3 is 2.84 bits per heavy atom. The van der Waals surface area contributed by atoms with Crippen LogP contribution in [0.25, 0.3) is 0 Å². The molecule has 2 aromatic rings. The first-order valence-corrected chi connectivity index (χ1v) is 6.12. The van der Waals surface area contributed by atoms with Crippen LogP contribution >= 0.6 is 11.6 Å². The van der Waals surface area contributed by atoms with E-state index >= 15 is 0 Å². The highest BCUT2D eigenvalue weighted by atomic mass is 35.5. The Kier molecular flexibility index (Phi) is 4.14. The molecule has 1 aromatic heterocycles. The number of benzene rings is 1. The van der Waals surface area contributed by atoms with Gasteiger partial charge in [-0.15, -0.1) is 0 Å². The van der Waals surface area contributed by atoms with Gasteiger partial charge in [-0.3, -0.25) is 4.79 Å². The van der Waals surface area contributed by atoms with Gasteiger partial charge in [0.2, 0.25) is 0 Å². The first kappa shape index (κ1) is 13.5. The first-order chi connectivity index (χ1) is 9.10. The van der Waals surface area contributed by atoms with E-state index < -0.39 is 0 Å². The smallest absolute Gasteiger partial charge is 0.257 e. The number of aromatic nitrogens is 1. The van der Waals surface area contributed by atoms with Gasteiger partial charge in [-0.1, -0.05) is 23.7 Å². The highest BCUT2D eigenvalue weighted by Gasteiger charge is 2.10. The van der Waals surface area contributed by atoms with Crippen molar-refractivity contribution >= 4 is 23.2 Å². The molecule has 19 heavy (non-hydrogen) atoms. The number of pyridine rings is 1. The van der Waals surface area contributed by atoms with Crippen LogP contribution in [0.3, 0.4) is 0 Å². The van der Waals surface area contributed by atoms with Crippen LogP contribution in [-0.2, 0) is 6.61 Å². The van der Waals surface area contributed by atoms with Crippen LogP contribution in [0.2, 0.25) is 5.15 Å². The van der Waals surface area contributed by atoms with E-state index in [1.165, 1.54) is 0 Å². The molecular formula is C14H13ClN2O2. The predicted octanol–water partition coefficient (Wildman–Crippen LogP) is 2.79. The minimum atomic E-state index is -0.253. The number of carbonyl (C=O) groups excluding carboxylic acids is 1. The number of carbonyl (C=O) groups is 1. The van der Waals surface area contributed by atoms with E-state index in [0.717, 1.165) is 5.56 Å². The second-order valence-electron chi connectivity index (χ2n) is 4.08. The number of aliphatic hydroxyl groups excluding tert-OH is 1. The second-order valence-corrected chi connectivity index (χ2v) is 4.47. The van der Waals surface area contributed by atoms with Crippen LogP contribution in [0.4, 0.5) is 5.69 Å². The standard InChI is InChI=1S/C14H13ClN2O2/c1-9-12(5-6-13(15)16-9)14(19)17-11-4-2-3-10(7-11)8-18/h2-7,18H,8H2,1H3,(H,17,19). The lowest BCUT2D eigenvalue weighted by atomic mass is 10.1. The fraction of sp³-hybridized carbons (Fsp3) is 0.143. The summed E-state index contributed by atoms with van der Waals surface area (Å²) in [5, 5.41) is 12.2. The monoisotopic (exact) mass is 276 g/mol. The Morgan fingerprint density at radius 2 is 2.16 bits per heavy atom. The van der Waals surface area contributed by atoms with E-state index in [9.17, 15) is 4.79 Å². The molecule has 0 aliphatic heterocycles. The minimum absolute atomic E-state index is 0.0642. The van der Waals surface area contributed by atoms with Gasteiger partial charge in [0, 0.05) is 5.69 Å². The fourth-order valence-corrected chi connectivity index (χ4v) is 1.91. The van der Waals surface area contributed by atoms with Gasteiger partial charge in [0.1, 0.15) is 5.15 Å². The van der Waals surface area contributed by atoms with Crippen LogP contribution in [0.1, 0.15) is 21.6 Å². The Bertz CT molecular complexity index is 614. The van der Waals surface area contributed by atoms with Crippen LogP contribution < -0.4 is 5.32 Å². The quantitative estimate of drug-likeness (QED) is 0.848. The summed E-state index contributed by atoms with van der Waals surface area (Å²) in [4.78, 5) is 16.1. The summed E-state index contributed by atoms with van der Waals surface area (Å²) >= 11 is 5.75. The van der Waals surface area contributed by atoms with Crippen molar-refractivity contribution in [2.24, 2.45) is 0 Å². The van der Waals surface area contributed by atoms with Crippen molar-refractivity contribution in [2.45, 2.75) is 13.5 Å². The minimum Gasteiger partial charge on any atom is -0.392 e. The van der Waals surface area contributed by atoms with Crippen LogP contribution in [-0.4, -0.2) is 16.0 Å². The van der Waals surface area contributed by atoms with Gasteiger partial charge < -0.3 is 10.4 Å². The third-order valence-electron chi connectivity index (χ3n) is 2.66. The van der Waals surface area contributed by atoms with Gasteiger partial charge in [-0.05, 0) is 36.8 Å². The highest BCUT2D eigenvalue weighted by Crippen LogP contribution is 2.15. The zero-order chi connectivity index (χ0) is 13.8. The van der Waals surface area contributed by atoms with Crippen molar-refractivity contribution in [3.63, 3.8) is 0 Å². The molecule has 1 heterocycles. The van der Waals surface area contributed by atoms with E-state index in [4.69, 9.17) is 16.7 Å². The number of hydrogen-bond donors (Lipinski definition) is 2. The lowest BCUT2D eigenvalue weighted by molar-refractivity contribution is 0.102. The van der Waals surface area contributed by atoms with Crippen molar-refractivity contribution in [1.29, 1.82) is 0 Å². The van der Waals surface area contributed by atoms with Crippen molar-refractivity contribution in [3.8, 4) is 0 Å². The van der Waals surface area contributed by atoms with Crippen molar-refractivity contribution < 1.29 is 9.90 Å². The summed E-state index contributed by atoms with van der Waals surface area (Å²) in [6.07, 6.45) is 0. The Morgan fingerprint density at radius 1 is 1.37 bits per heavy atom. The molecule has 1 aromatic carbocycles. The van der Waals surface area contributed by atoms with Crippen molar-refractivity contribution in [3.05, 3.63) is 58.4 Å². The lowest BCUT2D eigenvalue weighted by Gasteiger charge is -2.08. The first-order valence-electron chi connectivity index (χ1n) is 5.74. The molecule has 0 atom stereocenters. The molecule has 1 amide bonds. The van der Waals surface area contributed by atoms with Crippen molar-refractivity contribution in [2.75, 3.05) is 5.32 Å². The largest absolute Gasteiger partial charge is 0.392 e. The number of amides is 1. The van der Waals surface area contributed by atoms with Gasteiger partial charge in [0.15, 0.2) is 0 Å². The van der Waals surface area contributed by atoms with E-state index in [1.807, 2.05) is 0 Å². The molecule has 0 unspecified atom stereocenters. The third-order valence-corrected chi connectivity index (χ3v) is 2.87. The molecular weight excluding hydrogens is 264 g/mol. The number of hydrogen-bond acceptors (Lipinski definition) is 3. The fourth-order valence-electron chi connectivity index (χ4n) is 1.72. The van der Waals surface area contributed by atoms with Crippen molar-refractivity contribution in [1.82, 2.24) is 4.98 Å². The topological polar surface area (TPSA) is 62.2 Å². The van der Waals surface area contributed by atoms with Crippen LogP contribution in [0, 0.1) is 6.92 Å². The van der Waals surface area contributed by atoms with Crippen LogP contribution in [0.15, 0.2) is 36.4 Å². The molecule has 0 saturated heterocycles. The zero-order valence-corrected chi connectivity index (χ0v) is 11.1. The van der Waals surface area contributed by atoms with E-state index in [1.54, 1.807) is 43.3 Å². The van der Waals surface area contributed by atoms with E-state index in [0.29, 0.717) is 22.1 Å². The number of halogens is 1. The number of nitrogens with one attached hydrogen (secondary N) is 1. The number of anilines is 1. The molecule has 0 fully saturated rings. The molecule has 0 aliphatic rings. The summed E-state index contributed by atoms with van der Waals surface area (Å²) < 4.78 is 0. The van der Waals surface area contributed by atoms with Gasteiger partial charge in [0.05, 0.1) is 17.9 Å². The maximum atomic E-state index is 12.1. The van der Waals surface area contributed by atoms with E-state index in [2.05, 4.69) is 10.3 Å². The van der Waals surface area contributed by atoms with Gasteiger partial charge >= 0.3 is 0 Å². The van der Waals surface area contributed by atoms with Gasteiger partial charge in [0.25, 0.3) is 5.91 Å². The van der Waals surface area contributed by atoms with E-state index in [-0.39, 0.29) is 12.5 Å². The average Bonchev–Trinajstić information content (AvgIpc) is 2.38. The molecule has 0 bridgehead atoms. The summed E-state index contributed by atoms with van der Waals surface area (Å²) in [6, 6.07) is 10.2. The maximum Gasteiger partial charge on any atom is 0.257 e. The molecule has 0 aliphatic carbocycles. The number of aryl methyl sites for hydroxylation is 1. The summed E-state index contributed by atoms with van der Waals surface area (Å²) in [5.74, 6) is -0.253. The lowest BCUT2D eigenvalue weighted by Crippen LogP contribution is -2.14. The maximum absolute atomic E-state index is 12.1. The molecule has 98 valence electrons. The highest BCUT2D eigenvalue weighted by molar-refractivity contribution is 6.29. The molecule has 5 heteroatoms. The molecule has 0 radical (unpaired) electrons. The summed E-state index contributed by atoms with van der Waals surface area (Å²) in [6.45, 7) is 1.66. The zero-order valence-electron chi connectivity index (χ0n) is 10.4. The Hall–Kier alpha value is -1.91. The van der Waals surface area contributed by atoms with Crippen LogP contribution in [0.5, 0.6) is 0 Å².